The van der Waals surface area contributed by atoms with Crippen LogP contribution in [0.1, 0.15) is 43.1 Å². The summed E-state index contributed by atoms with van der Waals surface area (Å²) < 4.78 is 11.1. The molecule has 0 bridgehead atoms. The van der Waals surface area contributed by atoms with E-state index in [2.05, 4.69) is 24.5 Å². The maximum atomic E-state index is 12.4. The van der Waals surface area contributed by atoms with Gasteiger partial charge in [-0.3, -0.25) is 9.59 Å². The van der Waals surface area contributed by atoms with Gasteiger partial charge in [0.25, 0.3) is 5.91 Å². The number of benzene rings is 2. The van der Waals surface area contributed by atoms with Crippen LogP contribution in [0.3, 0.4) is 0 Å². The molecule has 2 amide bonds. The number of anilines is 1. The fourth-order valence-electron chi connectivity index (χ4n) is 2.74. The number of aryl methyl sites for hydroxylation is 1. The first-order chi connectivity index (χ1) is 13.9. The molecule has 2 rings (SSSR count). The van der Waals surface area contributed by atoms with Gasteiger partial charge in [-0.15, -0.1) is 0 Å². The van der Waals surface area contributed by atoms with Gasteiger partial charge >= 0.3 is 0 Å². The summed E-state index contributed by atoms with van der Waals surface area (Å²) in [6.07, 6.45) is 1.75. The van der Waals surface area contributed by atoms with Gasteiger partial charge in [0.15, 0.2) is 11.5 Å². The summed E-state index contributed by atoms with van der Waals surface area (Å²) in [7, 11) is 1.53. The van der Waals surface area contributed by atoms with Gasteiger partial charge in [0.2, 0.25) is 5.91 Å². The highest BCUT2D eigenvalue weighted by Crippen LogP contribution is 2.28. The van der Waals surface area contributed by atoms with E-state index in [-0.39, 0.29) is 18.4 Å². The maximum Gasteiger partial charge on any atom is 0.251 e. The molecule has 0 heterocycles. The molecule has 0 radical (unpaired) electrons. The van der Waals surface area contributed by atoms with Crippen LogP contribution < -0.4 is 20.1 Å². The Morgan fingerprint density at radius 1 is 1.07 bits per heavy atom. The summed E-state index contributed by atoms with van der Waals surface area (Å²) in [4.78, 5) is 24.6. The molecule has 2 N–H and O–H groups in total. The van der Waals surface area contributed by atoms with Crippen LogP contribution in [-0.4, -0.2) is 32.1 Å². The summed E-state index contributed by atoms with van der Waals surface area (Å²) in [5, 5.41) is 5.47. The molecule has 156 valence electrons. The van der Waals surface area contributed by atoms with Crippen molar-refractivity contribution in [1.29, 1.82) is 0 Å². The number of hydrogen-bond donors (Lipinski definition) is 2. The van der Waals surface area contributed by atoms with Crippen LogP contribution in [0, 0.1) is 5.92 Å². The van der Waals surface area contributed by atoms with Crippen LogP contribution in [0.15, 0.2) is 42.5 Å². The van der Waals surface area contributed by atoms with Crippen molar-refractivity contribution in [2.24, 2.45) is 5.92 Å². The molecular formula is C23H30N2O4. The Morgan fingerprint density at radius 3 is 2.52 bits per heavy atom. The third-order valence-electron chi connectivity index (χ3n) is 4.46. The van der Waals surface area contributed by atoms with E-state index >= 15 is 0 Å². The highest BCUT2D eigenvalue weighted by molar-refractivity contribution is 5.99. The lowest BCUT2D eigenvalue weighted by atomic mass is 10.1. The lowest BCUT2D eigenvalue weighted by Gasteiger charge is -2.13. The van der Waals surface area contributed by atoms with E-state index in [1.54, 1.807) is 18.2 Å². The standard InChI is InChI=1S/C23H30N2O4/c1-5-17-8-6-7-9-19(17)25-22(26)15-24-23(27)18-10-11-20(21(14-18)28-4)29-13-12-16(2)3/h6-11,14,16H,5,12-13,15H2,1-4H3,(H,24,27)(H,25,26). The first kappa shape index (κ1) is 22.3. The Bertz CT molecular complexity index is 833. The van der Waals surface area contributed by atoms with E-state index in [4.69, 9.17) is 9.47 Å². The summed E-state index contributed by atoms with van der Waals surface area (Å²) in [6.45, 7) is 6.75. The van der Waals surface area contributed by atoms with Crippen molar-refractivity contribution in [2.75, 3.05) is 25.6 Å². The molecule has 0 aromatic heterocycles. The van der Waals surface area contributed by atoms with E-state index in [0.717, 1.165) is 24.1 Å². The van der Waals surface area contributed by atoms with Crippen LogP contribution in [0.4, 0.5) is 5.69 Å². The molecule has 0 spiro atoms. The van der Waals surface area contributed by atoms with Gasteiger partial charge in [-0.2, -0.15) is 0 Å². The molecule has 0 saturated heterocycles. The minimum atomic E-state index is -0.351. The molecule has 29 heavy (non-hydrogen) atoms. The number of hydrogen-bond acceptors (Lipinski definition) is 4. The average molecular weight is 399 g/mol. The average Bonchev–Trinajstić information content (AvgIpc) is 2.72. The van der Waals surface area contributed by atoms with Crippen LogP contribution in [0.2, 0.25) is 0 Å². The Labute approximate surface area is 172 Å². The zero-order valence-corrected chi connectivity index (χ0v) is 17.6. The number of methoxy groups -OCH3 is 1. The van der Waals surface area contributed by atoms with Crippen LogP contribution >= 0.6 is 0 Å². The van der Waals surface area contributed by atoms with Gasteiger partial charge in [0.05, 0.1) is 20.3 Å². The highest BCUT2D eigenvalue weighted by Gasteiger charge is 2.13. The maximum absolute atomic E-state index is 12.4. The number of nitrogens with one attached hydrogen (secondary N) is 2. The molecule has 0 fully saturated rings. The lowest BCUT2D eigenvalue weighted by Crippen LogP contribution is -2.33. The molecule has 0 saturated carbocycles. The third-order valence-corrected chi connectivity index (χ3v) is 4.46. The Morgan fingerprint density at radius 2 is 1.83 bits per heavy atom. The second-order valence-corrected chi connectivity index (χ2v) is 7.14. The van der Waals surface area contributed by atoms with Crippen molar-refractivity contribution in [3.63, 3.8) is 0 Å². The van der Waals surface area contributed by atoms with Gasteiger partial charge in [-0.1, -0.05) is 39.0 Å². The highest BCUT2D eigenvalue weighted by atomic mass is 16.5. The second kappa shape index (κ2) is 11.1. The molecule has 6 nitrogen and oxygen atoms in total. The second-order valence-electron chi connectivity index (χ2n) is 7.14. The number of carbonyl (C=O) groups excluding carboxylic acids is 2. The first-order valence-electron chi connectivity index (χ1n) is 9.91. The Hall–Kier alpha value is -3.02. The molecule has 0 aliphatic carbocycles. The molecule has 0 aliphatic heterocycles. The summed E-state index contributed by atoms with van der Waals surface area (Å²) >= 11 is 0. The van der Waals surface area contributed by atoms with E-state index in [1.165, 1.54) is 7.11 Å². The number of carbonyl (C=O) groups is 2. The van der Waals surface area contributed by atoms with Crippen molar-refractivity contribution in [2.45, 2.75) is 33.6 Å². The van der Waals surface area contributed by atoms with Crippen molar-refractivity contribution in [3.8, 4) is 11.5 Å². The van der Waals surface area contributed by atoms with E-state index in [1.807, 2.05) is 31.2 Å². The summed E-state index contributed by atoms with van der Waals surface area (Å²) in [5.74, 6) is 0.999. The topological polar surface area (TPSA) is 76.7 Å². The largest absolute Gasteiger partial charge is 0.493 e. The fourth-order valence-corrected chi connectivity index (χ4v) is 2.74. The van der Waals surface area contributed by atoms with E-state index < -0.39 is 0 Å². The molecule has 0 unspecified atom stereocenters. The van der Waals surface area contributed by atoms with Crippen molar-refractivity contribution < 1.29 is 19.1 Å². The van der Waals surface area contributed by atoms with Crippen LogP contribution in [0.25, 0.3) is 0 Å². The Kier molecular flexibility index (Phi) is 8.52. The van der Waals surface area contributed by atoms with Gasteiger partial charge in [0, 0.05) is 11.3 Å². The monoisotopic (exact) mass is 398 g/mol. The molecule has 6 heteroatoms. The van der Waals surface area contributed by atoms with Gasteiger partial charge in [0.1, 0.15) is 0 Å². The van der Waals surface area contributed by atoms with E-state index in [9.17, 15) is 9.59 Å². The smallest absolute Gasteiger partial charge is 0.251 e. The lowest BCUT2D eigenvalue weighted by molar-refractivity contribution is -0.115. The van der Waals surface area contributed by atoms with E-state index in [0.29, 0.717) is 29.6 Å². The minimum absolute atomic E-state index is 0.119. The third kappa shape index (κ3) is 6.82. The molecule has 0 atom stereocenters. The first-order valence-corrected chi connectivity index (χ1v) is 9.91. The van der Waals surface area contributed by atoms with Gasteiger partial charge < -0.3 is 20.1 Å². The zero-order chi connectivity index (χ0) is 21.2. The predicted octanol–water partition coefficient (Wildman–Crippen LogP) is 4.05. The van der Waals surface area contributed by atoms with Crippen molar-refractivity contribution >= 4 is 17.5 Å². The molecule has 2 aromatic carbocycles. The van der Waals surface area contributed by atoms with Gasteiger partial charge in [-0.25, -0.2) is 0 Å². The van der Waals surface area contributed by atoms with Crippen molar-refractivity contribution in [1.82, 2.24) is 5.32 Å². The summed E-state index contributed by atoms with van der Waals surface area (Å²) in [5.41, 5.74) is 2.21. The normalized spacial score (nSPS) is 10.5. The number of para-hydroxylation sites is 1. The van der Waals surface area contributed by atoms with Gasteiger partial charge in [-0.05, 0) is 48.6 Å². The number of ether oxygens (including phenoxy) is 2. The zero-order valence-electron chi connectivity index (χ0n) is 17.6. The molecular weight excluding hydrogens is 368 g/mol. The number of rotatable bonds is 10. The number of amides is 2. The molecule has 0 aliphatic rings. The Balaban J connectivity index is 1.93. The van der Waals surface area contributed by atoms with Crippen LogP contribution in [-0.2, 0) is 11.2 Å². The predicted molar refractivity (Wildman–Crippen MR) is 115 cm³/mol. The molecule has 2 aromatic rings. The SMILES string of the molecule is CCc1ccccc1NC(=O)CNC(=O)c1ccc(OCCC(C)C)c(OC)c1. The van der Waals surface area contributed by atoms with Crippen LogP contribution in [0.5, 0.6) is 11.5 Å². The minimum Gasteiger partial charge on any atom is -0.493 e. The fraction of sp³-hybridized carbons (Fsp3) is 0.391. The summed E-state index contributed by atoms with van der Waals surface area (Å²) in [6, 6.07) is 12.6. The quantitative estimate of drug-likeness (QED) is 0.633. The van der Waals surface area contributed by atoms with Crippen molar-refractivity contribution in [3.05, 3.63) is 53.6 Å².